The van der Waals surface area contributed by atoms with E-state index in [-0.39, 0.29) is 9.79 Å². The number of pyridine rings is 1. The smallest absolute Gasteiger partial charge is 0.213 e. The third-order valence-corrected chi connectivity index (χ3v) is 11.2. The van der Waals surface area contributed by atoms with Crippen LogP contribution >= 0.6 is 0 Å². The van der Waals surface area contributed by atoms with E-state index in [1.54, 1.807) is 36.5 Å². The average molecular weight is 625 g/mol. The van der Waals surface area contributed by atoms with Crippen LogP contribution in [0, 0.1) is 0 Å². The van der Waals surface area contributed by atoms with Gasteiger partial charge in [0.05, 0.1) is 22.4 Å². The largest absolute Gasteiger partial charge is 0.455 e. The lowest BCUT2D eigenvalue weighted by Crippen LogP contribution is -2.12. The lowest BCUT2D eigenvalue weighted by atomic mass is 9.82. The van der Waals surface area contributed by atoms with Crippen LogP contribution in [0.3, 0.4) is 0 Å². The van der Waals surface area contributed by atoms with Crippen LogP contribution in [-0.4, -0.2) is 18.0 Å². The van der Waals surface area contributed by atoms with Crippen molar-refractivity contribution in [2.45, 2.75) is 9.79 Å². The van der Waals surface area contributed by atoms with Gasteiger partial charge < -0.3 is 9.30 Å². The first-order chi connectivity index (χ1) is 23.1. The molecule has 1 aliphatic heterocycles. The van der Waals surface area contributed by atoms with Gasteiger partial charge in [0.2, 0.25) is 9.84 Å². The first-order valence-corrected chi connectivity index (χ1v) is 16.9. The number of aromatic nitrogens is 2. The molecular formula is C41H24N2O3S. The first-order valence-electron chi connectivity index (χ1n) is 15.5. The van der Waals surface area contributed by atoms with Crippen LogP contribution < -0.4 is 4.74 Å². The summed E-state index contributed by atoms with van der Waals surface area (Å²) in [5, 5.41) is 2.34. The Morgan fingerprint density at radius 1 is 0.511 bits per heavy atom. The molecule has 0 radical (unpaired) electrons. The highest BCUT2D eigenvalue weighted by Gasteiger charge is 2.35. The van der Waals surface area contributed by atoms with Gasteiger partial charge in [0.25, 0.3) is 0 Å². The minimum absolute atomic E-state index is 0.148. The molecule has 0 bridgehead atoms. The van der Waals surface area contributed by atoms with Gasteiger partial charge in [-0.3, -0.25) is 4.98 Å². The molecule has 0 saturated heterocycles. The number of benzene rings is 6. The summed E-state index contributed by atoms with van der Waals surface area (Å²) in [4.78, 5) is 5.22. The van der Waals surface area contributed by atoms with Gasteiger partial charge in [0.1, 0.15) is 21.3 Å². The third kappa shape index (κ3) is 3.59. The second-order valence-electron chi connectivity index (χ2n) is 11.9. The van der Waals surface area contributed by atoms with Crippen molar-refractivity contribution in [2.24, 2.45) is 0 Å². The maximum atomic E-state index is 14.1. The highest BCUT2D eigenvalue weighted by molar-refractivity contribution is 7.91. The van der Waals surface area contributed by atoms with Crippen LogP contribution in [0.2, 0.25) is 0 Å². The van der Waals surface area contributed by atoms with Crippen LogP contribution in [0.25, 0.3) is 72.1 Å². The summed E-state index contributed by atoms with van der Waals surface area (Å²) in [6, 6.07) is 46.2. The zero-order chi connectivity index (χ0) is 31.3. The molecule has 0 saturated carbocycles. The number of hydrogen-bond acceptors (Lipinski definition) is 4. The van der Waals surface area contributed by atoms with Crippen molar-refractivity contribution in [1.82, 2.24) is 9.55 Å². The van der Waals surface area contributed by atoms with E-state index in [0.29, 0.717) is 11.5 Å². The molecule has 0 N–H and O–H groups in total. The van der Waals surface area contributed by atoms with E-state index in [0.717, 1.165) is 61.4 Å². The van der Waals surface area contributed by atoms with Crippen LogP contribution in [0.5, 0.6) is 11.5 Å². The van der Waals surface area contributed by atoms with E-state index in [4.69, 9.17) is 9.72 Å². The fourth-order valence-corrected chi connectivity index (χ4v) is 8.96. The lowest BCUT2D eigenvalue weighted by Gasteiger charge is -2.27. The van der Waals surface area contributed by atoms with Crippen LogP contribution in [-0.2, 0) is 9.84 Å². The summed E-state index contributed by atoms with van der Waals surface area (Å²) in [7, 11) is -3.86. The Hall–Kier alpha value is -5.98. The summed E-state index contributed by atoms with van der Waals surface area (Å²) in [6.45, 7) is 0. The van der Waals surface area contributed by atoms with Crippen LogP contribution in [0.4, 0.5) is 0 Å². The summed E-state index contributed by atoms with van der Waals surface area (Å²) < 4.78 is 36.9. The maximum Gasteiger partial charge on any atom is 0.213 e. The molecule has 1 aliphatic carbocycles. The van der Waals surface area contributed by atoms with E-state index in [2.05, 4.69) is 102 Å². The minimum atomic E-state index is -3.86. The monoisotopic (exact) mass is 624 g/mol. The Labute approximate surface area is 270 Å². The minimum Gasteiger partial charge on any atom is -0.455 e. The molecule has 0 unspecified atom stereocenters. The van der Waals surface area contributed by atoms with Crippen molar-refractivity contribution < 1.29 is 13.2 Å². The molecule has 8 aromatic rings. The predicted octanol–water partition coefficient (Wildman–Crippen LogP) is 10.1. The predicted molar refractivity (Wildman–Crippen MR) is 186 cm³/mol. The van der Waals surface area contributed by atoms with Crippen molar-refractivity contribution in [2.75, 3.05) is 0 Å². The van der Waals surface area contributed by atoms with Crippen LogP contribution in [0.1, 0.15) is 0 Å². The van der Waals surface area contributed by atoms with Crippen molar-refractivity contribution in [3.63, 3.8) is 0 Å². The molecule has 10 rings (SSSR count). The topological polar surface area (TPSA) is 61.2 Å². The quantitative estimate of drug-likeness (QED) is 0.182. The van der Waals surface area contributed by atoms with Gasteiger partial charge in [-0.15, -0.1) is 0 Å². The van der Waals surface area contributed by atoms with Crippen molar-refractivity contribution in [1.29, 1.82) is 0 Å². The average Bonchev–Trinajstić information content (AvgIpc) is 3.45. The van der Waals surface area contributed by atoms with Crippen molar-refractivity contribution in [3.05, 3.63) is 146 Å². The molecule has 0 fully saturated rings. The van der Waals surface area contributed by atoms with Crippen LogP contribution in [0.15, 0.2) is 156 Å². The summed E-state index contributed by atoms with van der Waals surface area (Å²) in [5.74, 6) is 0.624. The highest BCUT2D eigenvalue weighted by atomic mass is 32.2. The van der Waals surface area contributed by atoms with Gasteiger partial charge in [0, 0.05) is 33.7 Å². The van der Waals surface area contributed by atoms with Gasteiger partial charge in [-0.05, 0) is 70.8 Å². The number of rotatable bonds is 1. The number of fused-ring (bicyclic) bond motifs is 13. The first kappa shape index (κ1) is 26.3. The molecule has 0 atom stereocenters. The fraction of sp³-hybridized carbons (Fsp3) is 0. The van der Waals surface area contributed by atoms with Gasteiger partial charge in [-0.25, -0.2) is 8.42 Å². The molecule has 3 heterocycles. The second kappa shape index (κ2) is 9.52. The van der Waals surface area contributed by atoms with E-state index >= 15 is 0 Å². The fourth-order valence-electron chi connectivity index (χ4n) is 7.45. The maximum absolute atomic E-state index is 14.1. The molecule has 47 heavy (non-hydrogen) atoms. The molecular weight excluding hydrogens is 601 g/mol. The molecule has 6 heteroatoms. The number of ether oxygens (including phenoxy) is 1. The summed E-state index contributed by atoms with van der Waals surface area (Å²) in [6.07, 6.45) is 1.79. The molecule has 2 aliphatic rings. The summed E-state index contributed by atoms with van der Waals surface area (Å²) >= 11 is 0. The third-order valence-electron chi connectivity index (χ3n) is 9.44. The van der Waals surface area contributed by atoms with Gasteiger partial charge in [-0.1, -0.05) is 91.0 Å². The van der Waals surface area contributed by atoms with Gasteiger partial charge in [0.15, 0.2) is 0 Å². The van der Waals surface area contributed by atoms with Gasteiger partial charge in [-0.2, -0.15) is 0 Å². The number of para-hydroxylation sites is 3. The second-order valence-corrected chi connectivity index (χ2v) is 13.8. The van der Waals surface area contributed by atoms with E-state index < -0.39 is 9.84 Å². The zero-order valence-electron chi connectivity index (χ0n) is 24.9. The van der Waals surface area contributed by atoms with E-state index in [9.17, 15) is 8.42 Å². The molecule has 0 amide bonds. The molecule has 0 spiro atoms. The lowest BCUT2D eigenvalue weighted by molar-refractivity contribution is 0.443. The number of nitrogens with zero attached hydrogens (tertiary/aromatic N) is 2. The molecule has 222 valence electrons. The Balaban J connectivity index is 1.38. The van der Waals surface area contributed by atoms with E-state index in [1.165, 1.54) is 10.8 Å². The molecule has 6 aromatic carbocycles. The zero-order valence-corrected chi connectivity index (χ0v) is 25.7. The Morgan fingerprint density at radius 2 is 1.17 bits per heavy atom. The van der Waals surface area contributed by atoms with E-state index in [1.807, 2.05) is 12.1 Å². The summed E-state index contributed by atoms with van der Waals surface area (Å²) in [5.41, 5.74) is 10.5. The van der Waals surface area contributed by atoms with Crippen molar-refractivity contribution in [3.8, 4) is 61.8 Å². The SMILES string of the molecule is O=S1(=O)c2ccccc2Oc2cc3c(cc21)-c1cccc(-n2c4ccccc4c4ccccc42)c1-c1ccccc1-c1cccnc1-3. The molecule has 2 aromatic heterocycles. The van der Waals surface area contributed by atoms with Crippen molar-refractivity contribution >= 4 is 31.6 Å². The Morgan fingerprint density at radius 3 is 1.98 bits per heavy atom. The van der Waals surface area contributed by atoms with Gasteiger partial charge >= 0.3 is 0 Å². The Kier molecular flexibility index (Phi) is 5.32. The normalized spacial score (nSPS) is 13.6. The number of sulfone groups is 1. The molecule has 5 nitrogen and oxygen atoms in total. The standard InChI is InChI=1S/C41H24N2O3S/c44-47(45)38-21-8-7-20-36(38)46-37-23-32-31(24-39(37)47)29-15-9-19-35(43-33-17-5-3-12-26(33)27-13-4-6-18-34(27)43)40(29)28-14-2-1-11-25(28)30-16-10-22-42-41(30)32/h1-24H. The highest BCUT2D eigenvalue weighted by Crippen LogP contribution is 2.53. The number of hydrogen-bond donors (Lipinski definition) is 0. The Bertz CT molecular complexity index is 2690.